The first-order valence-corrected chi connectivity index (χ1v) is 7.01. The molecule has 0 aromatic heterocycles. The summed E-state index contributed by atoms with van der Waals surface area (Å²) in [5.41, 5.74) is 6.44. The smallest absolute Gasteiger partial charge is 0.0939 e. The van der Waals surface area contributed by atoms with Crippen LogP contribution in [-0.4, -0.2) is 31.5 Å². The van der Waals surface area contributed by atoms with E-state index in [1.165, 1.54) is 0 Å². The monoisotopic (exact) mass is 241 g/mol. The second-order valence-electron chi connectivity index (χ2n) is 6.27. The molecule has 0 aromatic rings. The van der Waals surface area contributed by atoms with Crippen molar-refractivity contribution in [1.82, 2.24) is 0 Å². The van der Waals surface area contributed by atoms with Gasteiger partial charge in [-0.15, -0.1) is 0 Å². The van der Waals surface area contributed by atoms with Crippen molar-refractivity contribution in [1.29, 1.82) is 0 Å². The Hall–Kier alpha value is -0.120. The van der Waals surface area contributed by atoms with Crippen molar-refractivity contribution < 1.29 is 9.47 Å². The van der Waals surface area contributed by atoms with Gasteiger partial charge in [0.05, 0.1) is 12.2 Å². The highest BCUT2D eigenvalue weighted by Crippen LogP contribution is 2.38. The molecule has 0 amide bonds. The van der Waals surface area contributed by atoms with E-state index >= 15 is 0 Å². The zero-order chi connectivity index (χ0) is 12.5. The average molecular weight is 241 g/mol. The molecule has 2 aliphatic heterocycles. The highest BCUT2D eigenvalue weighted by atomic mass is 16.6. The number of hydrogen-bond donors (Lipinski definition) is 1. The van der Waals surface area contributed by atoms with Gasteiger partial charge in [0.15, 0.2) is 0 Å². The molecular formula is C14H27NO2. The Morgan fingerprint density at radius 1 is 1.24 bits per heavy atom. The van der Waals surface area contributed by atoms with Crippen LogP contribution in [0.3, 0.4) is 0 Å². The van der Waals surface area contributed by atoms with Crippen molar-refractivity contribution >= 4 is 0 Å². The topological polar surface area (TPSA) is 44.5 Å². The molecule has 2 aliphatic rings. The van der Waals surface area contributed by atoms with E-state index in [4.69, 9.17) is 15.2 Å². The maximum Gasteiger partial charge on any atom is 0.0939 e. The molecule has 4 unspecified atom stereocenters. The summed E-state index contributed by atoms with van der Waals surface area (Å²) in [7, 11) is 0. The van der Waals surface area contributed by atoms with E-state index in [0.717, 1.165) is 39.1 Å². The number of hydrogen-bond acceptors (Lipinski definition) is 3. The van der Waals surface area contributed by atoms with E-state index < -0.39 is 0 Å². The Labute approximate surface area is 105 Å². The van der Waals surface area contributed by atoms with Gasteiger partial charge in [0.1, 0.15) is 0 Å². The van der Waals surface area contributed by atoms with Crippen molar-refractivity contribution in [2.45, 2.75) is 51.7 Å². The van der Waals surface area contributed by atoms with Crippen LogP contribution in [0.1, 0.15) is 40.0 Å². The molecule has 0 radical (unpaired) electrons. The Bertz CT molecular complexity index is 249. The van der Waals surface area contributed by atoms with E-state index in [1.807, 2.05) is 0 Å². The summed E-state index contributed by atoms with van der Waals surface area (Å²) in [6.07, 6.45) is 3.25. The van der Waals surface area contributed by atoms with E-state index in [0.29, 0.717) is 23.8 Å². The number of nitrogens with two attached hydrogens (primary N) is 1. The first-order valence-electron chi connectivity index (χ1n) is 7.01. The Morgan fingerprint density at radius 3 is 2.59 bits per heavy atom. The van der Waals surface area contributed by atoms with Gasteiger partial charge in [0.25, 0.3) is 0 Å². The fraction of sp³-hybridized carbons (Fsp3) is 1.00. The maximum absolute atomic E-state index is 6.45. The van der Waals surface area contributed by atoms with E-state index in [1.54, 1.807) is 0 Å². The zero-order valence-electron chi connectivity index (χ0n) is 11.4. The van der Waals surface area contributed by atoms with Crippen LogP contribution in [0.15, 0.2) is 0 Å². The van der Waals surface area contributed by atoms with Crippen LogP contribution < -0.4 is 5.73 Å². The lowest BCUT2D eigenvalue weighted by Crippen LogP contribution is -2.48. The molecule has 17 heavy (non-hydrogen) atoms. The lowest BCUT2D eigenvalue weighted by Gasteiger charge is -2.41. The minimum atomic E-state index is -0.00274. The summed E-state index contributed by atoms with van der Waals surface area (Å²) in [5, 5.41) is 0. The molecule has 2 saturated heterocycles. The molecule has 2 fully saturated rings. The van der Waals surface area contributed by atoms with Gasteiger partial charge in [-0.25, -0.2) is 0 Å². The molecule has 100 valence electrons. The average Bonchev–Trinajstić information content (AvgIpc) is 2.75. The van der Waals surface area contributed by atoms with Crippen molar-refractivity contribution in [3.05, 3.63) is 0 Å². The zero-order valence-corrected chi connectivity index (χ0v) is 11.4. The fourth-order valence-corrected chi connectivity index (χ4v) is 3.13. The first kappa shape index (κ1) is 13.3. The van der Waals surface area contributed by atoms with Gasteiger partial charge in [-0.2, -0.15) is 0 Å². The van der Waals surface area contributed by atoms with Crippen LogP contribution in [0.5, 0.6) is 0 Å². The Morgan fingerprint density at radius 2 is 2.00 bits per heavy atom. The summed E-state index contributed by atoms with van der Waals surface area (Å²) in [6, 6.07) is 0.302. The normalized spacial score (nSPS) is 37.6. The summed E-state index contributed by atoms with van der Waals surface area (Å²) in [4.78, 5) is 0. The lowest BCUT2D eigenvalue weighted by atomic mass is 9.75. The second-order valence-corrected chi connectivity index (χ2v) is 6.27. The number of rotatable bonds is 3. The third-order valence-electron chi connectivity index (χ3n) is 4.80. The van der Waals surface area contributed by atoms with Gasteiger partial charge in [-0.1, -0.05) is 20.8 Å². The van der Waals surface area contributed by atoms with Gasteiger partial charge in [0, 0.05) is 25.7 Å². The van der Waals surface area contributed by atoms with Crippen LogP contribution in [0.4, 0.5) is 0 Å². The highest BCUT2D eigenvalue weighted by Gasteiger charge is 2.43. The van der Waals surface area contributed by atoms with Crippen LogP contribution in [0.2, 0.25) is 0 Å². The van der Waals surface area contributed by atoms with Crippen LogP contribution >= 0.6 is 0 Å². The summed E-state index contributed by atoms with van der Waals surface area (Å²) in [6.45, 7) is 9.28. The molecule has 0 aromatic carbocycles. The summed E-state index contributed by atoms with van der Waals surface area (Å²) in [5.74, 6) is 1.84. The third-order valence-corrected chi connectivity index (χ3v) is 4.80. The molecule has 2 heterocycles. The van der Waals surface area contributed by atoms with Gasteiger partial charge >= 0.3 is 0 Å². The number of ether oxygens (including phenoxy) is 2. The van der Waals surface area contributed by atoms with Crippen molar-refractivity contribution in [2.24, 2.45) is 23.5 Å². The molecule has 0 bridgehead atoms. The molecule has 4 atom stereocenters. The maximum atomic E-state index is 6.45. The standard InChI is InChI=1S/C14H27NO2/c1-10(2)11(3)13(15)12-4-6-17-14(8-12)5-7-16-9-14/h10-13H,4-9,15H2,1-3H3. The van der Waals surface area contributed by atoms with Crippen LogP contribution in [0.25, 0.3) is 0 Å². The minimum Gasteiger partial charge on any atom is -0.378 e. The van der Waals surface area contributed by atoms with Crippen molar-refractivity contribution in [3.8, 4) is 0 Å². The molecule has 1 spiro atoms. The second kappa shape index (κ2) is 5.25. The molecule has 3 heteroatoms. The Kier molecular flexibility index (Phi) is 4.11. The van der Waals surface area contributed by atoms with Gasteiger partial charge in [-0.05, 0) is 30.6 Å². The molecule has 0 saturated carbocycles. The molecule has 0 aliphatic carbocycles. The predicted octanol–water partition coefficient (Wildman–Crippen LogP) is 2.19. The largest absolute Gasteiger partial charge is 0.378 e. The third kappa shape index (κ3) is 2.83. The first-order chi connectivity index (χ1) is 8.04. The molecule has 3 nitrogen and oxygen atoms in total. The molecular weight excluding hydrogens is 214 g/mol. The van der Waals surface area contributed by atoms with Crippen LogP contribution in [0, 0.1) is 17.8 Å². The van der Waals surface area contributed by atoms with Gasteiger partial charge < -0.3 is 15.2 Å². The summed E-state index contributed by atoms with van der Waals surface area (Å²) < 4.78 is 11.5. The molecule has 2 N–H and O–H groups in total. The van der Waals surface area contributed by atoms with E-state index in [-0.39, 0.29) is 5.60 Å². The van der Waals surface area contributed by atoms with Crippen molar-refractivity contribution in [3.63, 3.8) is 0 Å². The van der Waals surface area contributed by atoms with Gasteiger partial charge in [0.2, 0.25) is 0 Å². The quantitative estimate of drug-likeness (QED) is 0.824. The highest BCUT2D eigenvalue weighted by molar-refractivity contribution is 4.94. The predicted molar refractivity (Wildman–Crippen MR) is 68.8 cm³/mol. The van der Waals surface area contributed by atoms with Crippen LogP contribution in [-0.2, 0) is 9.47 Å². The minimum absolute atomic E-state index is 0.00274. The SMILES string of the molecule is CC(C)C(C)C(N)C1CCOC2(CCOC2)C1. The van der Waals surface area contributed by atoms with E-state index in [2.05, 4.69) is 20.8 Å². The fourth-order valence-electron chi connectivity index (χ4n) is 3.13. The van der Waals surface area contributed by atoms with E-state index in [9.17, 15) is 0 Å². The Balaban J connectivity index is 1.97. The summed E-state index contributed by atoms with van der Waals surface area (Å²) >= 11 is 0. The van der Waals surface area contributed by atoms with Crippen molar-refractivity contribution in [2.75, 3.05) is 19.8 Å². The molecule has 2 rings (SSSR count). The van der Waals surface area contributed by atoms with Gasteiger partial charge in [-0.3, -0.25) is 0 Å². The lowest BCUT2D eigenvalue weighted by molar-refractivity contribution is -0.104.